The van der Waals surface area contributed by atoms with E-state index >= 15 is 0 Å². The smallest absolute Gasteiger partial charge is 0.0108 e. The van der Waals surface area contributed by atoms with E-state index in [0.717, 1.165) is 0 Å². The molecule has 2 rings (SSSR count). The molecule has 1 aromatic carbocycles. The Kier molecular flexibility index (Phi) is 2.65. The highest BCUT2D eigenvalue weighted by molar-refractivity contribution is 5.21. The predicted octanol–water partition coefficient (Wildman–Crippen LogP) is 2.67. The molecule has 0 bridgehead atoms. The van der Waals surface area contributed by atoms with E-state index in [1.54, 1.807) is 0 Å². The Morgan fingerprint density at radius 2 is 1.69 bits per heavy atom. The van der Waals surface area contributed by atoms with Gasteiger partial charge in [0.15, 0.2) is 0 Å². The molecule has 0 aliphatic heterocycles. The summed E-state index contributed by atoms with van der Waals surface area (Å²) in [4.78, 5) is 0. The molecule has 2 N–H and O–H groups in total. The maximum atomic E-state index is 6.11. The Morgan fingerprint density at radius 3 is 2.38 bits per heavy atom. The van der Waals surface area contributed by atoms with E-state index in [1.165, 1.54) is 31.2 Å². The van der Waals surface area contributed by atoms with Gasteiger partial charge in [-0.15, -0.1) is 0 Å². The lowest BCUT2D eigenvalue weighted by molar-refractivity contribution is 0.385. The van der Waals surface area contributed by atoms with Gasteiger partial charge in [-0.05, 0) is 24.3 Å². The Bertz CT molecular complexity index is 255. The third-order valence-electron chi connectivity index (χ3n) is 3.05. The molecule has 1 heteroatoms. The molecular weight excluding hydrogens is 158 g/mol. The van der Waals surface area contributed by atoms with Crippen LogP contribution >= 0.6 is 0 Å². The Hall–Kier alpha value is -0.820. The van der Waals surface area contributed by atoms with Crippen LogP contribution in [0, 0.1) is 0 Å². The molecule has 0 heterocycles. The summed E-state index contributed by atoms with van der Waals surface area (Å²) in [6, 6.07) is 11.1. The summed E-state index contributed by atoms with van der Waals surface area (Å²) < 4.78 is 0. The SMILES string of the molecule is N[C@@H]1CCCC[C@H]1c1ccccc1. The Balaban J connectivity index is 2.15. The van der Waals surface area contributed by atoms with Gasteiger partial charge in [0.25, 0.3) is 0 Å². The largest absolute Gasteiger partial charge is 0.327 e. The second-order valence-electron chi connectivity index (χ2n) is 3.97. The van der Waals surface area contributed by atoms with Gasteiger partial charge >= 0.3 is 0 Å². The maximum Gasteiger partial charge on any atom is 0.0108 e. The van der Waals surface area contributed by atoms with Gasteiger partial charge in [-0.1, -0.05) is 43.2 Å². The van der Waals surface area contributed by atoms with Gasteiger partial charge in [0.2, 0.25) is 0 Å². The van der Waals surface area contributed by atoms with E-state index in [1.807, 2.05) is 0 Å². The minimum Gasteiger partial charge on any atom is -0.327 e. The number of hydrogen-bond donors (Lipinski definition) is 1. The third kappa shape index (κ3) is 1.92. The minimum atomic E-state index is 0.385. The van der Waals surface area contributed by atoms with Crippen LogP contribution in [0.3, 0.4) is 0 Å². The van der Waals surface area contributed by atoms with Crippen molar-refractivity contribution < 1.29 is 0 Å². The van der Waals surface area contributed by atoms with E-state index < -0.39 is 0 Å². The van der Waals surface area contributed by atoms with Crippen LogP contribution in [0.25, 0.3) is 0 Å². The second-order valence-corrected chi connectivity index (χ2v) is 3.97. The molecule has 0 aromatic heterocycles. The van der Waals surface area contributed by atoms with Crippen molar-refractivity contribution in [1.29, 1.82) is 0 Å². The first-order valence-electron chi connectivity index (χ1n) is 5.18. The van der Waals surface area contributed by atoms with Crippen LogP contribution in [-0.2, 0) is 0 Å². The van der Waals surface area contributed by atoms with Gasteiger partial charge in [-0.2, -0.15) is 0 Å². The van der Waals surface area contributed by atoms with Crippen molar-refractivity contribution in [3.63, 3.8) is 0 Å². The fourth-order valence-electron chi connectivity index (χ4n) is 2.27. The van der Waals surface area contributed by atoms with Crippen molar-refractivity contribution in [2.75, 3.05) is 0 Å². The van der Waals surface area contributed by atoms with E-state index in [2.05, 4.69) is 30.3 Å². The van der Waals surface area contributed by atoms with E-state index in [0.29, 0.717) is 12.0 Å². The molecule has 0 unspecified atom stereocenters. The predicted molar refractivity (Wildman–Crippen MR) is 55.6 cm³/mol. The summed E-state index contributed by atoms with van der Waals surface area (Å²) in [6.45, 7) is 0. The Morgan fingerprint density at radius 1 is 1.00 bits per heavy atom. The first-order valence-corrected chi connectivity index (χ1v) is 5.18. The first kappa shape index (κ1) is 8.76. The zero-order valence-electron chi connectivity index (χ0n) is 7.95. The van der Waals surface area contributed by atoms with Crippen molar-refractivity contribution in [2.24, 2.45) is 5.73 Å². The van der Waals surface area contributed by atoms with Gasteiger partial charge in [0, 0.05) is 6.04 Å². The molecule has 1 aliphatic carbocycles. The molecule has 13 heavy (non-hydrogen) atoms. The van der Waals surface area contributed by atoms with Gasteiger partial charge in [-0.3, -0.25) is 0 Å². The van der Waals surface area contributed by atoms with E-state index in [9.17, 15) is 0 Å². The van der Waals surface area contributed by atoms with Crippen LogP contribution in [0.15, 0.2) is 30.3 Å². The summed E-state index contributed by atoms with van der Waals surface area (Å²) in [7, 11) is 0. The number of benzene rings is 1. The van der Waals surface area contributed by atoms with Crippen molar-refractivity contribution in [1.82, 2.24) is 0 Å². The Labute approximate surface area is 80.0 Å². The fourth-order valence-corrected chi connectivity index (χ4v) is 2.27. The third-order valence-corrected chi connectivity index (χ3v) is 3.05. The molecule has 1 aliphatic rings. The first-order chi connectivity index (χ1) is 6.38. The van der Waals surface area contributed by atoms with Crippen LogP contribution in [0.1, 0.15) is 37.2 Å². The molecule has 0 spiro atoms. The van der Waals surface area contributed by atoms with Crippen LogP contribution in [0.4, 0.5) is 0 Å². The maximum absolute atomic E-state index is 6.11. The lowest BCUT2D eigenvalue weighted by atomic mass is 9.80. The van der Waals surface area contributed by atoms with Crippen molar-refractivity contribution in [3.05, 3.63) is 35.9 Å². The van der Waals surface area contributed by atoms with Gasteiger partial charge in [-0.25, -0.2) is 0 Å². The molecule has 0 amide bonds. The summed E-state index contributed by atoms with van der Waals surface area (Å²) >= 11 is 0. The van der Waals surface area contributed by atoms with E-state index in [-0.39, 0.29) is 0 Å². The second kappa shape index (κ2) is 3.93. The molecule has 1 saturated carbocycles. The van der Waals surface area contributed by atoms with Crippen molar-refractivity contribution in [2.45, 2.75) is 37.6 Å². The topological polar surface area (TPSA) is 26.0 Å². The average molecular weight is 175 g/mol. The fraction of sp³-hybridized carbons (Fsp3) is 0.500. The van der Waals surface area contributed by atoms with Gasteiger partial charge in [0.05, 0.1) is 0 Å². The molecule has 1 aromatic rings. The zero-order valence-corrected chi connectivity index (χ0v) is 7.95. The molecule has 1 fully saturated rings. The summed E-state index contributed by atoms with van der Waals surface area (Å²) in [5.74, 6) is 0.606. The highest BCUT2D eigenvalue weighted by Gasteiger charge is 2.22. The number of hydrogen-bond acceptors (Lipinski definition) is 1. The van der Waals surface area contributed by atoms with Crippen LogP contribution in [-0.4, -0.2) is 6.04 Å². The van der Waals surface area contributed by atoms with Gasteiger partial charge < -0.3 is 5.73 Å². The number of rotatable bonds is 1. The van der Waals surface area contributed by atoms with Crippen molar-refractivity contribution in [3.8, 4) is 0 Å². The van der Waals surface area contributed by atoms with Crippen LogP contribution in [0.5, 0.6) is 0 Å². The normalized spacial score (nSPS) is 28.7. The standard InChI is InChI=1S/C12H17N/c13-12-9-5-4-8-11(12)10-6-2-1-3-7-10/h1-3,6-7,11-12H,4-5,8-9,13H2/t11-,12+/m0/s1. The lowest BCUT2D eigenvalue weighted by Crippen LogP contribution is -2.31. The van der Waals surface area contributed by atoms with Crippen LogP contribution < -0.4 is 5.73 Å². The molecule has 1 nitrogen and oxygen atoms in total. The summed E-state index contributed by atoms with van der Waals surface area (Å²) in [6.07, 6.45) is 5.11. The molecule has 2 atom stereocenters. The zero-order chi connectivity index (χ0) is 9.10. The lowest BCUT2D eigenvalue weighted by Gasteiger charge is -2.28. The molecular formula is C12H17N. The summed E-state index contributed by atoms with van der Waals surface area (Å²) in [5.41, 5.74) is 7.54. The quantitative estimate of drug-likeness (QED) is 0.697. The molecule has 0 radical (unpaired) electrons. The monoisotopic (exact) mass is 175 g/mol. The highest BCUT2D eigenvalue weighted by atomic mass is 14.7. The number of nitrogens with two attached hydrogens (primary N) is 1. The van der Waals surface area contributed by atoms with Gasteiger partial charge in [0.1, 0.15) is 0 Å². The summed E-state index contributed by atoms with van der Waals surface area (Å²) in [5, 5.41) is 0. The van der Waals surface area contributed by atoms with Crippen molar-refractivity contribution >= 4 is 0 Å². The van der Waals surface area contributed by atoms with E-state index in [4.69, 9.17) is 5.73 Å². The molecule has 70 valence electrons. The van der Waals surface area contributed by atoms with Crippen LogP contribution in [0.2, 0.25) is 0 Å². The molecule has 0 saturated heterocycles. The average Bonchev–Trinajstić information content (AvgIpc) is 2.20. The minimum absolute atomic E-state index is 0.385. The highest BCUT2D eigenvalue weighted by Crippen LogP contribution is 2.31.